The number of nitro benzene ring substituents is 1. The minimum absolute atomic E-state index is 0.00212. The molecule has 2 aromatic rings. The predicted molar refractivity (Wildman–Crippen MR) is 136 cm³/mol. The molecule has 1 saturated heterocycles. The van der Waals surface area contributed by atoms with Crippen molar-refractivity contribution in [1.29, 1.82) is 5.26 Å². The van der Waals surface area contributed by atoms with Crippen LogP contribution in [0.3, 0.4) is 0 Å². The maximum atomic E-state index is 13.4. The average molecular weight is 506 g/mol. The number of allylic oxidation sites excluding steroid dienone is 3. The number of anilines is 1. The largest absolute Gasteiger partial charge is 0.384 e. The summed E-state index contributed by atoms with van der Waals surface area (Å²) in [6.45, 7) is 6.04. The molecule has 3 aliphatic rings. The fourth-order valence-electron chi connectivity index (χ4n) is 5.26. The Balaban J connectivity index is 1.60. The van der Waals surface area contributed by atoms with E-state index in [1.165, 1.54) is 17.7 Å². The number of benzene rings is 1. The quantitative estimate of drug-likeness (QED) is 0.475. The minimum Gasteiger partial charge on any atom is -0.384 e. The highest BCUT2D eigenvalue weighted by Crippen LogP contribution is 2.48. The molecule has 2 N–H and O–H groups in total. The zero-order chi connectivity index (χ0) is 25.4. The number of nitriles is 1. The molecule has 2 aliphatic heterocycles. The SMILES string of the molecule is Cc1sc(C2C(C#N)=C(N)N(c3cccc([N+](=O)[O-])c3)C3=C2C(=O)CCC3)cc1CN1CCOCC1. The molecule has 0 bridgehead atoms. The van der Waals surface area contributed by atoms with Crippen LogP contribution in [0, 0.1) is 28.4 Å². The number of non-ortho nitro benzene ring substituents is 1. The molecule has 0 amide bonds. The van der Waals surface area contributed by atoms with E-state index in [0.717, 1.165) is 48.3 Å². The van der Waals surface area contributed by atoms with Crippen LogP contribution in [0.4, 0.5) is 11.4 Å². The van der Waals surface area contributed by atoms with Gasteiger partial charge < -0.3 is 10.5 Å². The number of ether oxygens (including phenoxy) is 1. The van der Waals surface area contributed by atoms with Gasteiger partial charge in [0.2, 0.25) is 0 Å². The molecular weight excluding hydrogens is 478 g/mol. The Morgan fingerprint density at radius 2 is 2.06 bits per heavy atom. The second kappa shape index (κ2) is 9.85. The number of ketones is 1. The van der Waals surface area contributed by atoms with Gasteiger partial charge in [-0.2, -0.15) is 5.26 Å². The topological polar surface area (TPSA) is 126 Å². The number of aryl methyl sites for hydroxylation is 1. The van der Waals surface area contributed by atoms with Gasteiger partial charge >= 0.3 is 0 Å². The standard InChI is InChI=1S/C26H27N5O4S/c1-16-17(15-29-8-10-35-11-9-29)12-23(36-16)24-20(14-27)26(28)30(21-6-3-7-22(32)25(21)24)18-4-2-5-19(13-18)31(33)34/h2,4-5,12-13,24H,3,6-11,15,28H2,1H3. The Kier molecular flexibility index (Phi) is 6.62. The second-order valence-electron chi connectivity index (χ2n) is 9.21. The number of nitrogens with zero attached hydrogens (tertiary/aromatic N) is 4. The summed E-state index contributed by atoms with van der Waals surface area (Å²) in [6, 6.07) is 10.5. The third kappa shape index (κ3) is 4.30. The Hall–Kier alpha value is -3.52. The molecule has 0 spiro atoms. The fourth-order valence-corrected chi connectivity index (χ4v) is 6.42. The van der Waals surface area contributed by atoms with Crippen LogP contribution in [0.25, 0.3) is 0 Å². The highest BCUT2D eigenvalue weighted by molar-refractivity contribution is 7.12. The summed E-state index contributed by atoms with van der Waals surface area (Å²) < 4.78 is 5.47. The first kappa shape index (κ1) is 24.2. The Morgan fingerprint density at radius 1 is 1.28 bits per heavy atom. The van der Waals surface area contributed by atoms with Crippen LogP contribution in [0.1, 0.15) is 40.5 Å². The van der Waals surface area contributed by atoms with Crippen molar-refractivity contribution in [3.05, 3.63) is 78.4 Å². The molecule has 1 fully saturated rings. The number of morpholine rings is 1. The van der Waals surface area contributed by atoms with Gasteiger partial charge in [-0.1, -0.05) is 6.07 Å². The fraction of sp³-hybridized carbons (Fsp3) is 0.385. The summed E-state index contributed by atoms with van der Waals surface area (Å²) in [7, 11) is 0. The molecule has 1 aromatic heterocycles. The zero-order valence-corrected chi connectivity index (χ0v) is 20.8. The number of carbonyl (C=O) groups is 1. The second-order valence-corrected chi connectivity index (χ2v) is 10.5. The highest BCUT2D eigenvalue weighted by atomic mass is 32.1. The summed E-state index contributed by atoms with van der Waals surface area (Å²) in [5.74, 6) is -0.315. The lowest BCUT2D eigenvalue weighted by atomic mass is 9.78. The lowest BCUT2D eigenvalue weighted by molar-refractivity contribution is -0.384. The summed E-state index contributed by atoms with van der Waals surface area (Å²) in [5.41, 5.74) is 9.81. The van der Waals surface area contributed by atoms with Gasteiger partial charge in [0.15, 0.2) is 5.78 Å². The van der Waals surface area contributed by atoms with Crippen molar-refractivity contribution >= 4 is 28.5 Å². The van der Waals surface area contributed by atoms with E-state index in [4.69, 9.17) is 10.5 Å². The summed E-state index contributed by atoms with van der Waals surface area (Å²) in [5, 5.41) is 21.6. The molecule has 3 heterocycles. The van der Waals surface area contributed by atoms with E-state index < -0.39 is 10.8 Å². The van der Waals surface area contributed by atoms with Crippen LogP contribution in [-0.4, -0.2) is 41.9 Å². The van der Waals surface area contributed by atoms with E-state index in [2.05, 4.69) is 24.0 Å². The number of thiophene rings is 1. The molecule has 1 unspecified atom stereocenters. The molecule has 10 heteroatoms. The smallest absolute Gasteiger partial charge is 0.271 e. The number of hydrogen-bond donors (Lipinski definition) is 1. The van der Waals surface area contributed by atoms with E-state index in [9.17, 15) is 20.2 Å². The molecule has 0 radical (unpaired) electrons. The van der Waals surface area contributed by atoms with E-state index in [-0.39, 0.29) is 17.3 Å². The average Bonchev–Trinajstić information content (AvgIpc) is 3.23. The molecule has 9 nitrogen and oxygen atoms in total. The van der Waals surface area contributed by atoms with Crippen LogP contribution in [-0.2, 0) is 16.1 Å². The molecule has 5 rings (SSSR count). The van der Waals surface area contributed by atoms with Crippen molar-refractivity contribution in [2.45, 2.75) is 38.6 Å². The highest BCUT2D eigenvalue weighted by Gasteiger charge is 2.41. The lowest BCUT2D eigenvalue weighted by Crippen LogP contribution is -2.38. The van der Waals surface area contributed by atoms with Gasteiger partial charge in [0.25, 0.3) is 5.69 Å². The molecule has 186 valence electrons. The van der Waals surface area contributed by atoms with Crippen LogP contribution in [0.2, 0.25) is 0 Å². The van der Waals surface area contributed by atoms with Gasteiger partial charge in [0.05, 0.1) is 41.4 Å². The first-order valence-corrected chi connectivity index (χ1v) is 12.8. The van der Waals surface area contributed by atoms with Crippen LogP contribution in [0.15, 0.2) is 53.0 Å². The monoisotopic (exact) mass is 505 g/mol. The van der Waals surface area contributed by atoms with Gasteiger partial charge in [-0.25, -0.2) is 0 Å². The van der Waals surface area contributed by atoms with E-state index in [1.54, 1.807) is 28.4 Å². The maximum Gasteiger partial charge on any atom is 0.271 e. The normalized spacial score (nSPS) is 20.9. The van der Waals surface area contributed by atoms with E-state index in [0.29, 0.717) is 36.1 Å². The van der Waals surface area contributed by atoms with Gasteiger partial charge in [-0.15, -0.1) is 11.3 Å². The Morgan fingerprint density at radius 3 is 2.78 bits per heavy atom. The zero-order valence-electron chi connectivity index (χ0n) is 20.0. The Bertz CT molecular complexity index is 1330. The third-order valence-electron chi connectivity index (χ3n) is 7.03. The molecule has 0 saturated carbocycles. The summed E-state index contributed by atoms with van der Waals surface area (Å²) in [6.07, 6.45) is 1.67. The maximum absolute atomic E-state index is 13.4. The number of nitrogens with two attached hydrogens (primary N) is 1. The van der Waals surface area contributed by atoms with Gasteiger partial charge in [-0.3, -0.25) is 24.7 Å². The van der Waals surface area contributed by atoms with Crippen LogP contribution in [0.5, 0.6) is 0 Å². The van der Waals surface area contributed by atoms with Gasteiger partial charge in [0, 0.05) is 59.2 Å². The molecule has 1 aliphatic carbocycles. The van der Waals surface area contributed by atoms with Crippen molar-refractivity contribution in [3.63, 3.8) is 0 Å². The van der Waals surface area contributed by atoms with Crippen molar-refractivity contribution in [2.24, 2.45) is 5.73 Å². The Labute approximate surface area is 213 Å². The number of rotatable bonds is 5. The van der Waals surface area contributed by atoms with E-state index >= 15 is 0 Å². The van der Waals surface area contributed by atoms with Crippen molar-refractivity contribution in [3.8, 4) is 6.07 Å². The molecular formula is C26H27N5O4S. The number of carbonyl (C=O) groups excluding carboxylic acids is 1. The lowest BCUT2D eigenvalue weighted by Gasteiger charge is -2.39. The van der Waals surface area contributed by atoms with Crippen molar-refractivity contribution < 1.29 is 14.5 Å². The van der Waals surface area contributed by atoms with E-state index in [1.807, 2.05) is 0 Å². The molecule has 1 aromatic carbocycles. The third-order valence-corrected chi connectivity index (χ3v) is 8.19. The van der Waals surface area contributed by atoms with Crippen LogP contribution >= 0.6 is 11.3 Å². The molecule has 36 heavy (non-hydrogen) atoms. The van der Waals surface area contributed by atoms with Gasteiger partial charge in [0.1, 0.15) is 5.82 Å². The van der Waals surface area contributed by atoms with Crippen molar-refractivity contribution in [2.75, 3.05) is 31.2 Å². The number of hydrogen-bond acceptors (Lipinski definition) is 9. The first-order valence-electron chi connectivity index (χ1n) is 12.0. The summed E-state index contributed by atoms with van der Waals surface area (Å²) >= 11 is 1.60. The summed E-state index contributed by atoms with van der Waals surface area (Å²) in [4.78, 5) is 30.4. The van der Waals surface area contributed by atoms with Crippen molar-refractivity contribution in [1.82, 2.24) is 4.90 Å². The van der Waals surface area contributed by atoms with Gasteiger partial charge in [-0.05, 0) is 37.5 Å². The minimum atomic E-state index is -0.533. The predicted octanol–water partition coefficient (Wildman–Crippen LogP) is 4.10. The number of Topliss-reactive ketones (excluding diaryl/α,β-unsaturated/α-hetero) is 1. The van der Waals surface area contributed by atoms with Crippen LogP contribution < -0.4 is 10.6 Å². The number of nitro groups is 1. The first-order chi connectivity index (χ1) is 17.4. The molecule has 1 atom stereocenters.